The Balaban J connectivity index is 1.41. The molecule has 0 spiro atoms. The number of Topliss-reactive ketones (excluding diaryl/α,β-unsaturated/α-hetero) is 1. The second-order valence-electron chi connectivity index (χ2n) is 7.26. The molecule has 1 atom stereocenters. The van der Waals surface area contributed by atoms with Gasteiger partial charge in [0.2, 0.25) is 5.13 Å². The van der Waals surface area contributed by atoms with Gasteiger partial charge in [0.05, 0.1) is 5.25 Å². The Morgan fingerprint density at radius 2 is 1.89 bits per heavy atom. The molecule has 0 unspecified atom stereocenters. The molecule has 0 saturated heterocycles. The van der Waals surface area contributed by atoms with Gasteiger partial charge in [0.1, 0.15) is 0 Å². The van der Waals surface area contributed by atoms with E-state index in [9.17, 15) is 4.79 Å². The minimum atomic E-state index is -0.193. The molecule has 6 heteroatoms. The first-order valence-corrected chi connectivity index (χ1v) is 11.2. The van der Waals surface area contributed by atoms with Gasteiger partial charge in [0, 0.05) is 11.3 Å². The van der Waals surface area contributed by atoms with Crippen LogP contribution in [0.3, 0.4) is 0 Å². The summed E-state index contributed by atoms with van der Waals surface area (Å²) < 4.78 is 0.799. The topological polar surface area (TPSA) is 54.9 Å². The van der Waals surface area contributed by atoms with Crippen molar-refractivity contribution in [3.05, 3.63) is 64.2 Å². The molecule has 144 valence electrons. The number of anilines is 2. The average molecular weight is 410 g/mol. The Kier molecular flexibility index (Phi) is 5.51. The van der Waals surface area contributed by atoms with Crippen LogP contribution in [-0.4, -0.2) is 21.2 Å². The molecule has 1 aliphatic carbocycles. The third-order valence-corrected chi connectivity index (χ3v) is 7.22. The van der Waals surface area contributed by atoms with Gasteiger partial charge < -0.3 is 5.32 Å². The standard InChI is InChI=1S/C22H23N3OS2/c1-13-7-10-19(11-14(13)2)23-21-24-25-22(28-21)27-15(3)20(26)18-9-8-16-5-4-6-17(16)12-18/h7-12,15H,4-6H2,1-3H3,(H,23,24)/t15-/m0/s1. The monoisotopic (exact) mass is 409 g/mol. The largest absolute Gasteiger partial charge is 0.330 e. The Morgan fingerprint density at radius 1 is 1.07 bits per heavy atom. The van der Waals surface area contributed by atoms with Crippen molar-refractivity contribution in [2.24, 2.45) is 0 Å². The molecule has 0 radical (unpaired) electrons. The summed E-state index contributed by atoms with van der Waals surface area (Å²) in [6.45, 7) is 6.13. The molecule has 3 aromatic rings. The number of thioether (sulfide) groups is 1. The van der Waals surface area contributed by atoms with Crippen molar-refractivity contribution in [2.45, 2.75) is 49.6 Å². The summed E-state index contributed by atoms with van der Waals surface area (Å²) in [6.07, 6.45) is 3.41. The lowest BCUT2D eigenvalue weighted by molar-refractivity contribution is 0.0994. The molecule has 1 aliphatic rings. The van der Waals surface area contributed by atoms with E-state index < -0.39 is 0 Å². The van der Waals surface area contributed by atoms with E-state index in [1.807, 2.05) is 19.1 Å². The highest BCUT2D eigenvalue weighted by molar-refractivity contribution is 8.02. The van der Waals surface area contributed by atoms with Crippen LogP contribution >= 0.6 is 23.1 Å². The van der Waals surface area contributed by atoms with Crippen LogP contribution in [-0.2, 0) is 12.8 Å². The summed E-state index contributed by atoms with van der Waals surface area (Å²) in [5.41, 5.74) is 7.02. The third-order valence-electron chi connectivity index (χ3n) is 5.19. The molecule has 0 bridgehead atoms. The first-order valence-electron chi connectivity index (χ1n) is 9.50. The van der Waals surface area contributed by atoms with Crippen LogP contribution in [0, 0.1) is 13.8 Å². The molecule has 1 aromatic heterocycles. The lowest BCUT2D eigenvalue weighted by Gasteiger charge is -2.09. The summed E-state index contributed by atoms with van der Waals surface area (Å²) in [6, 6.07) is 12.4. The van der Waals surface area contributed by atoms with Crippen LogP contribution in [0.15, 0.2) is 40.7 Å². The van der Waals surface area contributed by atoms with Crippen LogP contribution in [0.5, 0.6) is 0 Å². The predicted molar refractivity (Wildman–Crippen MR) is 117 cm³/mol. The number of hydrogen-bond donors (Lipinski definition) is 1. The smallest absolute Gasteiger partial charge is 0.210 e. The molecule has 0 amide bonds. The highest BCUT2D eigenvalue weighted by Gasteiger charge is 2.21. The quantitative estimate of drug-likeness (QED) is 0.415. The van der Waals surface area contributed by atoms with Gasteiger partial charge in [-0.15, -0.1) is 10.2 Å². The Morgan fingerprint density at radius 3 is 2.71 bits per heavy atom. The SMILES string of the molecule is Cc1ccc(Nc2nnc(S[C@@H](C)C(=O)c3ccc4c(c3)CCC4)s2)cc1C. The average Bonchev–Trinajstić information content (AvgIpc) is 3.32. The molecule has 1 N–H and O–H groups in total. The van der Waals surface area contributed by atoms with Crippen LogP contribution in [0.25, 0.3) is 0 Å². The molecule has 28 heavy (non-hydrogen) atoms. The molecule has 0 saturated carbocycles. The number of nitrogens with one attached hydrogen (secondary N) is 1. The second kappa shape index (κ2) is 8.05. The number of carbonyl (C=O) groups is 1. The molecule has 0 aliphatic heterocycles. The van der Waals surface area contributed by atoms with Crippen molar-refractivity contribution in [1.82, 2.24) is 10.2 Å². The number of benzene rings is 2. The van der Waals surface area contributed by atoms with Crippen LogP contribution in [0.2, 0.25) is 0 Å². The zero-order valence-corrected chi connectivity index (χ0v) is 17.9. The molecule has 4 rings (SSSR count). The first-order chi connectivity index (χ1) is 13.5. The van der Waals surface area contributed by atoms with E-state index in [4.69, 9.17) is 0 Å². The molecule has 1 heterocycles. The van der Waals surface area contributed by atoms with Crippen LogP contribution < -0.4 is 5.32 Å². The summed E-state index contributed by atoms with van der Waals surface area (Å²) in [5.74, 6) is 0.151. The molecule has 2 aromatic carbocycles. The molecule has 4 nitrogen and oxygen atoms in total. The van der Waals surface area contributed by atoms with Crippen molar-refractivity contribution in [3.63, 3.8) is 0 Å². The number of hydrogen-bond acceptors (Lipinski definition) is 6. The highest BCUT2D eigenvalue weighted by Crippen LogP contribution is 2.32. The Bertz CT molecular complexity index is 1030. The minimum absolute atomic E-state index is 0.151. The van der Waals surface area contributed by atoms with E-state index in [-0.39, 0.29) is 11.0 Å². The van der Waals surface area contributed by atoms with Gasteiger partial charge in [0.15, 0.2) is 10.1 Å². The first kappa shape index (κ1) is 19.2. The van der Waals surface area contributed by atoms with Gasteiger partial charge in [-0.05, 0) is 80.5 Å². The number of carbonyl (C=O) groups excluding carboxylic acids is 1. The van der Waals surface area contributed by atoms with E-state index in [1.165, 1.54) is 51.8 Å². The van der Waals surface area contributed by atoms with E-state index in [0.29, 0.717) is 0 Å². The predicted octanol–water partition coefficient (Wildman–Crippen LogP) is 5.75. The van der Waals surface area contributed by atoms with Crippen molar-refractivity contribution in [2.75, 3.05) is 5.32 Å². The fourth-order valence-electron chi connectivity index (χ4n) is 3.42. The van der Waals surface area contributed by atoms with Crippen LogP contribution in [0.4, 0.5) is 10.8 Å². The number of nitrogens with zero attached hydrogens (tertiary/aromatic N) is 2. The van der Waals surface area contributed by atoms with Gasteiger partial charge in [-0.1, -0.05) is 41.3 Å². The van der Waals surface area contributed by atoms with Crippen LogP contribution in [0.1, 0.15) is 46.0 Å². The van der Waals surface area contributed by atoms with E-state index >= 15 is 0 Å². The lowest BCUT2D eigenvalue weighted by Crippen LogP contribution is -2.13. The van der Waals surface area contributed by atoms with Crippen molar-refractivity contribution in [3.8, 4) is 0 Å². The normalized spacial score (nSPS) is 14.0. The maximum absolute atomic E-state index is 12.8. The summed E-state index contributed by atoms with van der Waals surface area (Å²) in [7, 11) is 0. The third kappa shape index (κ3) is 4.13. The van der Waals surface area contributed by atoms with Gasteiger partial charge in [-0.25, -0.2) is 0 Å². The van der Waals surface area contributed by atoms with Gasteiger partial charge in [-0.3, -0.25) is 4.79 Å². The summed E-state index contributed by atoms with van der Waals surface area (Å²) >= 11 is 2.95. The summed E-state index contributed by atoms with van der Waals surface area (Å²) in [5, 5.41) is 12.3. The maximum atomic E-state index is 12.8. The highest BCUT2D eigenvalue weighted by atomic mass is 32.2. The zero-order chi connectivity index (χ0) is 19.7. The van der Waals surface area contributed by atoms with Gasteiger partial charge in [-0.2, -0.15) is 0 Å². The number of aromatic nitrogens is 2. The Hall–Kier alpha value is -2.18. The molecular weight excluding hydrogens is 386 g/mol. The van der Waals surface area contributed by atoms with Crippen molar-refractivity contribution >= 4 is 39.7 Å². The van der Waals surface area contributed by atoms with E-state index in [2.05, 4.69) is 53.6 Å². The fourth-order valence-corrected chi connectivity index (χ4v) is 5.41. The molecular formula is C22H23N3OS2. The van der Waals surface area contributed by atoms with E-state index in [0.717, 1.165) is 33.6 Å². The number of rotatable bonds is 6. The van der Waals surface area contributed by atoms with Crippen molar-refractivity contribution < 1.29 is 4.79 Å². The Labute approximate surface area is 173 Å². The molecule has 0 fully saturated rings. The van der Waals surface area contributed by atoms with E-state index in [1.54, 1.807) is 0 Å². The summed E-state index contributed by atoms with van der Waals surface area (Å²) in [4.78, 5) is 12.8. The number of fused-ring (bicyclic) bond motifs is 1. The van der Waals surface area contributed by atoms with Crippen molar-refractivity contribution in [1.29, 1.82) is 0 Å². The zero-order valence-electron chi connectivity index (χ0n) is 16.3. The number of aryl methyl sites for hydroxylation is 4. The number of ketones is 1. The fraction of sp³-hybridized carbons (Fsp3) is 0.318. The van der Waals surface area contributed by atoms with Gasteiger partial charge >= 0.3 is 0 Å². The van der Waals surface area contributed by atoms with Gasteiger partial charge in [0.25, 0.3) is 0 Å². The maximum Gasteiger partial charge on any atom is 0.210 e. The second-order valence-corrected chi connectivity index (χ2v) is 9.82. The lowest BCUT2D eigenvalue weighted by atomic mass is 10.0. The minimum Gasteiger partial charge on any atom is -0.330 e.